The number of likely N-dealkylation sites (tertiary alicyclic amines) is 1. The SMILES string of the molecule is NCC(c1ccc2c(c1)OCO2)C1CCN(CCO)CC1. The topological polar surface area (TPSA) is 68.0 Å². The van der Waals surface area contributed by atoms with E-state index in [0.29, 0.717) is 25.2 Å². The first-order chi connectivity index (χ1) is 10.3. The minimum Gasteiger partial charge on any atom is -0.454 e. The van der Waals surface area contributed by atoms with Gasteiger partial charge in [0.2, 0.25) is 6.79 Å². The normalized spacial score (nSPS) is 20.7. The molecule has 1 aromatic rings. The molecule has 2 aliphatic rings. The van der Waals surface area contributed by atoms with Crippen LogP contribution in [-0.4, -0.2) is 49.6 Å². The van der Waals surface area contributed by atoms with E-state index in [0.717, 1.165) is 44.0 Å². The van der Waals surface area contributed by atoms with Crippen LogP contribution < -0.4 is 15.2 Å². The van der Waals surface area contributed by atoms with Crippen LogP contribution in [0.2, 0.25) is 0 Å². The highest BCUT2D eigenvalue weighted by atomic mass is 16.7. The van der Waals surface area contributed by atoms with Crippen LogP contribution in [-0.2, 0) is 0 Å². The van der Waals surface area contributed by atoms with Gasteiger partial charge in [0.05, 0.1) is 6.61 Å². The summed E-state index contributed by atoms with van der Waals surface area (Å²) >= 11 is 0. The second-order valence-corrected chi connectivity index (χ2v) is 5.86. The molecule has 116 valence electrons. The molecule has 5 nitrogen and oxygen atoms in total. The molecule has 1 aromatic carbocycles. The van der Waals surface area contributed by atoms with Crippen molar-refractivity contribution in [1.82, 2.24) is 4.90 Å². The molecule has 0 radical (unpaired) electrons. The van der Waals surface area contributed by atoms with Crippen LogP contribution in [0.3, 0.4) is 0 Å². The van der Waals surface area contributed by atoms with Gasteiger partial charge in [-0.1, -0.05) is 6.07 Å². The second kappa shape index (κ2) is 6.64. The fourth-order valence-electron chi connectivity index (χ4n) is 3.46. The number of ether oxygens (including phenoxy) is 2. The van der Waals surface area contributed by atoms with Gasteiger partial charge in [-0.05, 0) is 62.0 Å². The monoisotopic (exact) mass is 292 g/mol. The number of aliphatic hydroxyl groups is 1. The summed E-state index contributed by atoms with van der Waals surface area (Å²) in [5.74, 6) is 2.64. The van der Waals surface area contributed by atoms with Gasteiger partial charge in [-0.2, -0.15) is 0 Å². The third kappa shape index (κ3) is 3.15. The lowest BCUT2D eigenvalue weighted by Crippen LogP contribution is -2.38. The molecule has 1 unspecified atom stereocenters. The fourth-order valence-corrected chi connectivity index (χ4v) is 3.46. The lowest BCUT2D eigenvalue weighted by molar-refractivity contribution is 0.138. The van der Waals surface area contributed by atoms with Gasteiger partial charge in [0, 0.05) is 6.54 Å². The highest BCUT2D eigenvalue weighted by molar-refractivity contribution is 5.45. The van der Waals surface area contributed by atoms with Crippen LogP contribution in [0.4, 0.5) is 0 Å². The number of β-amino-alcohol motifs (C(OH)–C–C–N with tert-alkyl or cyclic N) is 1. The highest BCUT2D eigenvalue weighted by Gasteiger charge is 2.27. The molecule has 0 aromatic heterocycles. The van der Waals surface area contributed by atoms with E-state index in [9.17, 15) is 0 Å². The average molecular weight is 292 g/mol. The summed E-state index contributed by atoms with van der Waals surface area (Å²) in [6.07, 6.45) is 2.27. The molecule has 2 aliphatic heterocycles. The van der Waals surface area contributed by atoms with E-state index in [1.165, 1.54) is 5.56 Å². The Kier molecular flexibility index (Phi) is 4.63. The lowest BCUT2D eigenvalue weighted by atomic mass is 9.80. The first-order valence-electron chi connectivity index (χ1n) is 7.74. The molecule has 21 heavy (non-hydrogen) atoms. The van der Waals surface area contributed by atoms with Crippen molar-refractivity contribution in [3.63, 3.8) is 0 Å². The molecule has 0 aliphatic carbocycles. The zero-order valence-corrected chi connectivity index (χ0v) is 12.3. The smallest absolute Gasteiger partial charge is 0.231 e. The van der Waals surface area contributed by atoms with Gasteiger partial charge in [0.1, 0.15) is 0 Å². The molecule has 1 atom stereocenters. The summed E-state index contributed by atoms with van der Waals surface area (Å²) in [5.41, 5.74) is 7.30. The Bertz CT molecular complexity index is 473. The number of hydrogen-bond donors (Lipinski definition) is 2. The first kappa shape index (κ1) is 14.6. The Hall–Kier alpha value is -1.30. The Morgan fingerprint density at radius 3 is 2.71 bits per heavy atom. The Morgan fingerprint density at radius 1 is 1.24 bits per heavy atom. The largest absolute Gasteiger partial charge is 0.454 e. The standard InChI is InChI=1S/C16H24N2O3/c17-10-14(12-3-5-18(6-4-12)7-8-19)13-1-2-15-16(9-13)21-11-20-15/h1-2,9,12,14,19H,3-8,10-11,17H2. The minimum atomic E-state index is 0.243. The second-order valence-electron chi connectivity index (χ2n) is 5.86. The average Bonchev–Trinajstić information content (AvgIpc) is 2.98. The van der Waals surface area contributed by atoms with E-state index in [2.05, 4.69) is 17.0 Å². The van der Waals surface area contributed by atoms with Crippen LogP contribution in [0.15, 0.2) is 18.2 Å². The molecule has 2 heterocycles. The van der Waals surface area contributed by atoms with Gasteiger partial charge in [-0.3, -0.25) is 0 Å². The quantitative estimate of drug-likeness (QED) is 0.852. The van der Waals surface area contributed by atoms with E-state index in [-0.39, 0.29) is 6.61 Å². The summed E-state index contributed by atoms with van der Waals surface area (Å²) in [6, 6.07) is 6.19. The van der Waals surface area contributed by atoms with Crippen molar-refractivity contribution < 1.29 is 14.6 Å². The van der Waals surface area contributed by atoms with E-state index in [4.69, 9.17) is 20.3 Å². The van der Waals surface area contributed by atoms with Crippen molar-refractivity contribution in [3.05, 3.63) is 23.8 Å². The first-order valence-corrected chi connectivity index (χ1v) is 7.74. The van der Waals surface area contributed by atoms with Crippen LogP contribution in [0, 0.1) is 5.92 Å². The van der Waals surface area contributed by atoms with Crippen molar-refractivity contribution in [3.8, 4) is 11.5 Å². The molecular formula is C16H24N2O3. The van der Waals surface area contributed by atoms with Crippen LogP contribution in [0.5, 0.6) is 11.5 Å². The molecule has 1 saturated heterocycles. The van der Waals surface area contributed by atoms with Gasteiger partial charge in [0.25, 0.3) is 0 Å². The minimum absolute atomic E-state index is 0.243. The van der Waals surface area contributed by atoms with Crippen molar-refractivity contribution in [2.24, 2.45) is 11.7 Å². The third-order valence-corrected chi connectivity index (χ3v) is 4.70. The lowest BCUT2D eigenvalue weighted by Gasteiger charge is -2.35. The van der Waals surface area contributed by atoms with E-state index < -0.39 is 0 Å². The molecule has 5 heteroatoms. The van der Waals surface area contributed by atoms with Gasteiger partial charge in [-0.25, -0.2) is 0 Å². The third-order valence-electron chi connectivity index (χ3n) is 4.70. The van der Waals surface area contributed by atoms with E-state index in [1.807, 2.05) is 6.07 Å². The Morgan fingerprint density at radius 2 is 2.00 bits per heavy atom. The van der Waals surface area contributed by atoms with Crippen LogP contribution in [0.25, 0.3) is 0 Å². The van der Waals surface area contributed by atoms with Crippen LogP contribution >= 0.6 is 0 Å². The zero-order chi connectivity index (χ0) is 14.7. The van der Waals surface area contributed by atoms with Crippen molar-refractivity contribution >= 4 is 0 Å². The molecular weight excluding hydrogens is 268 g/mol. The molecule has 0 bridgehead atoms. The molecule has 3 rings (SSSR count). The molecule has 0 amide bonds. The van der Waals surface area contributed by atoms with Crippen LogP contribution in [0.1, 0.15) is 24.3 Å². The summed E-state index contributed by atoms with van der Waals surface area (Å²) in [4.78, 5) is 2.32. The number of rotatable bonds is 5. The predicted molar refractivity (Wildman–Crippen MR) is 80.6 cm³/mol. The number of benzene rings is 1. The number of fused-ring (bicyclic) bond motifs is 1. The predicted octanol–water partition coefficient (Wildman–Crippen LogP) is 1.16. The fraction of sp³-hybridized carbons (Fsp3) is 0.625. The molecule has 0 saturated carbocycles. The number of piperidine rings is 1. The Labute approximate surface area is 125 Å². The molecule has 0 spiro atoms. The summed E-state index contributed by atoms with van der Waals surface area (Å²) in [7, 11) is 0. The zero-order valence-electron chi connectivity index (χ0n) is 12.3. The van der Waals surface area contributed by atoms with Gasteiger partial charge >= 0.3 is 0 Å². The number of aliphatic hydroxyl groups excluding tert-OH is 1. The van der Waals surface area contributed by atoms with Crippen molar-refractivity contribution in [2.45, 2.75) is 18.8 Å². The number of nitrogens with two attached hydrogens (primary N) is 1. The number of nitrogens with zero attached hydrogens (tertiary/aromatic N) is 1. The van der Waals surface area contributed by atoms with Gasteiger partial charge < -0.3 is 25.2 Å². The highest BCUT2D eigenvalue weighted by Crippen LogP contribution is 2.38. The maximum absolute atomic E-state index is 9.02. The maximum atomic E-state index is 9.02. The summed E-state index contributed by atoms with van der Waals surface area (Å²) in [6.45, 7) is 4.09. The van der Waals surface area contributed by atoms with E-state index >= 15 is 0 Å². The summed E-state index contributed by atoms with van der Waals surface area (Å²) < 4.78 is 10.8. The van der Waals surface area contributed by atoms with Crippen molar-refractivity contribution in [2.75, 3.05) is 39.6 Å². The molecule has 1 fully saturated rings. The van der Waals surface area contributed by atoms with Gasteiger partial charge in [-0.15, -0.1) is 0 Å². The van der Waals surface area contributed by atoms with E-state index in [1.54, 1.807) is 0 Å². The van der Waals surface area contributed by atoms with Crippen molar-refractivity contribution in [1.29, 1.82) is 0 Å². The van der Waals surface area contributed by atoms with Gasteiger partial charge in [0.15, 0.2) is 11.5 Å². The number of hydrogen-bond acceptors (Lipinski definition) is 5. The summed E-state index contributed by atoms with van der Waals surface area (Å²) in [5, 5.41) is 9.02. The maximum Gasteiger partial charge on any atom is 0.231 e. The Balaban J connectivity index is 1.68. The molecule has 3 N–H and O–H groups in total.